The van der Waals surface area contributed by atoms with Gasteiger partial charge in [0.15, 0.2) is 5.92 Å². The van der Waals surface area contributed by atoms with Crippen molar-refractivity contribution >= 4 is 11.9 Å². The van der Waals surface area contributed by atoms with Gasteiger partial charge < -0.3 is 9.84 Å². The van der Waals surface area contributed by atoms with Crippen LogP contribution in [0.15, 0.2) is 0 Å². The van der Waals surface area contributed by atoms with E-state index in [1.54, 1.807) is 13.8 Å². The molecule has 2 atom stereocenters. The van der Waals surface area contributed by atoms with E-state index in [0.29, 0.717) is 6.42 Å². The summed E-state index contributed by atoms with van der Waals surface area (Å²) in [6.07, 6.45) is 0.649. The molecule has 0 radical (unpaired) electrons. The molecule has 0 fully saturated rings. The summed E-state index contributed by atoms with van der Waals surface area (Å²) in [6.45, 7) is 5.46. The first kappa shape index (κ1) is 11.9. The number of carboxylic acid groups (broad SMARTS) is 1. The second-order valence-electron chi connectivity index (χ2n) is 2.95. The highest BCUT2D eigenvalue weighted by Gasteiger charge is 2.32. The summed E-state index contributed by atoms with van der Waals surface area (Å²) in [5.41, 5.74) is 0. The summed E-state index contributed by atoms with van der Waals surface area (Å²) in [5, 5.41) is 8.77. The van der Waals surface area contributed by atoms with Gasteiger partial charge in [-0.1, -0.05) is 20.3 Å². The molecule has 0 amide bonds. The molecule has 76 valence electrons. The van der Waals surface area contributed by atoms with Crippen molar-refractivity contribution in [3.05, 3.63) is 0 Å². The highest BCUT2D eigenvalue weighted by atomic mass is 16.5. The highest BCUT2D eigenvalue weighted by Crippen LogP contribution is 2.17. The molecule has 0 rings (SSSR count). The SMILES string of the molecule is CCOC(=O)C(C(=O)O)C(C)CC. The fraction of sp³-hybridized carbons (Fsp3) is 0.778. The van der Waals surface area contributed by atoms with Crippen LogP contribution in [0.25, 0.3) is 0 Å². The van der Waals surface area contributed by atoms with Crippen molar-refractivity contribution in [2.45, 2.75) is 27.2 Å². The van der Waals surface area contributed by atoms with Gasteiger partial charge in [-0.25, -0.2) is 0 Å². The fourth-order valence-corrected chi connectivity index (χ4v) is 1.04. The van der Waals surface area contributed by atoms with Gasteiger partial charge in [0.25, 0.3) is 0 Å². The third-order valence-corrected chi connectivity index (χ3v) is 2.02. The first-order valence-corrected chi connectivity index (χ1v) is 4.44. The van der Waals surface area contributed by atoms with Crippen LogP contribution in [0.5, 0.6) is 0 Å². The Bertz CT molecular complexity index is 188. The molecule has 0 aliphatic carbocycles. The molecule has 0 aromatic carbocycles. The lowest BCUT2D eigenvalue weighted by Gasteiger charge is -2.16. The van der Waals surface area contributed by atoms with E-state index in [1.807, 2.05) is 6.92 Å². The summed E-state index contributed by atoms with van der Waals surface area (Å²) >= 11 is 0. The molecule has 0 bridgehead atoms. The number of hydrogen-bond donors (Lipinski definition) is 1. The number of carboxylic acids is 1. The first-order valence-electron chi connectivity index (χ1n) is 4.44. The van der Waals surface area contributed by atoms with Gasteiger partial charge in [-0.2, -0.15) is 0 Å². The minimum Gasteiger partial charge on any atom is -0.481 e. The molecule has 0 saturated carbocycles. The van der Waals surface area contributed by atoms with Gasteiger partial charge in [0, 0.05) is 0 Å². The van der Waals surface area contributed by atoms with Crippen molar-refractivity contribution in [2.75, 3.05) is 6.61 Å². The van der Waals surface area contributed by atoms with Gasteiger partial charge in [-0.05, 0) is 12.8 Å². The van der Waals surface area contributed by atoms with Crippen molar-refractivity contribution in [2.24, 2.45) is 11.8 Å². The summed E-state index contributed by atoms with van der Waals surface area (Å²) in [4.78, 5) is 21.9. The molecule has 0 aromatic rings. The van der Waals surface area contributed by atoms with Crippen LogP contribution in [-0.2, 0) is 14.3 Å². The van der Waals surface area contributed by atoms with Crippen LogP contribution in [0.4, 0.5) is 0 Å². The Morgan fingerprint density at radius 1 is 1.38 bits per heavy atom. The van der Waals surface area contributed by atoms with Crippen molar-refractivity contribution in [3.63, 3.8) is 0 Å². The molecule has 1 N–H and O–H groups in total. The van der Waals surface area contributed by atoms with E-state index in [1.165, 1.54) is 0 Å². The van der Waals surface area contributed by atoms with E-state index in [4.69, 9.17) is 5.11 Å². The van der Waals surface area contributed by atoms with Gasteiger partial charge in [0.1, 0.15) is 0 Å². The summed E-state index contributed by atoms with van der Waals surface area (Å²) in [7, 11) is 0. The minimum absolute atomic E-state index is 0.184. The zero-order valence-corrected chi connectivity index (χ0v) is 8.24. The van der Waals surface area contributed by atoms with E-state index < -0.39 is 17.9 Å². The predicted molar refractivity (Wildman–Crippen MR) is 47.2 cm³/mol. The Balaban J connectivity index is 4.41. The lowest BCUT2D eigenvalue weighted by atomic mass is 9.92. The molecule has 0 heterocycles. The topological polar surface area (TPSA) is 63.6 Å². The van der Waals surface area contributed by atoms with Crippen LogP contribution >= 0.6 is 0 Å². The molecule has 0 aliphatic rings. The summed E-state index contributed by atoms with van der Waals surface area (Å²) in [5.74, 6) is -2.95. The van der Waals surface area contributed by atoms with Crippen LogP contribution in [0.2, 0.25) is 0 Å². The molecular formula is C9H16O4. The monoisotopic (exact) mass is 188 g/mol. The van der Waals surface area contributed by atoms with Crippen molar-refractivity contribution < 1.29 is 19.4 Å². The second-order valence-corrected chi connectivity index (χ2v) is 2.95. The molecule has 0 saturated heterocycles. The second kappa shape index (κ2) is 5.56. The molecule has 4 heteroatoms. The minimum atomic E-state index is -1.10. The maximum atomic E-state index is 11.2. The van der Waals surface area contributed by atoms with Gasteiger partial charge in [0.2, 0.25) is 0 Å². The molecule has 0 aliphatic heterocycles. The van der Waals surface area contributed by atoms with E-state index in [9.17, 15) is 9.59 Å². The van der Waals surface area contributed by atoms with Gasteiger partial charge in [-0.15, -0.1) is 0 Å². The third kappa shape index (κ3) is 3.44. The molecular weight excluding hydrogens is 172 g/mol. The smallest absolute Gasteiger partial charge is 0.320 e. The maximum Gasteiger partial charge on any atom is 0.320 e. The Hall–Kier alpha value is -1.06. The largest absolute Gasteiger partial charge is 0.481 e. The average Bonchev–Trinajstić information content (AvgIpc) is 2.04. The number of rotatable bonds is 5. The van der Waals surface area contributed by atoms with Crippen molar-refractivity contribution in [1.82, 2.24) is 0 Å². The molecule has 13 heavy (non-hydrogen) atoms. The van der Waals surface area contributed by atoms with Crippen molar-refractivity contribution in [1.29, 1.82) is 0 Å². The number of ether oxygens (including phenoxy) is 1. The van der Waals surface area contributed by atoms with E-state index in [0.717, 1.165) is 0 Å². The lowest BCUT2D eigenvalue weighted by Crippen LogP contribution is -2.31. The Morgan fingerprint density at radius 2 is 1.92 bits per heavy atom. The predicted octanol–water partition coefficient (Wildman–Crippen LogP) is 1.30. The van der Waals surface area contributed by atoms with Crippen LogP contribution in [0.1, 0.15) is 27.2 Å². The van der Waals surface area contributed by atoms with Gasteiger partial charge in [-0.3, -0.25) is 9.59 Å². The Morgan fingerprint density at radius 3 is 2.23 bits per heavy atom. The van der Waals surface area contributed by atoms with E-state index >= 15 is 0 Å². The molecule has 0 spiro atoms. The van der Waals surface area contributed by atoms with Crippen molar-refractivity contribution in [3.8, 4) is 0 Å². The standard InChI is InChI=1S/C9H16O4/c1-4-6(3)7(8(10)11)9(12)13-5-2/h6-7H,4-5H2,1-3H3,(H,10,11). The molecule has 0 aromatic heterocycles. The summed E-state index contributed by atoms with van der Waals surface area (Å²) < 4.78 is 4.67. The zero-order valence-electron chi connectivity index (χ0n) is 8.24. The van der Waals surface area contributed by atoms with E-state index in [2.05, 4.69) is 4.74 Å². The Labute approximate surface area is 77.9 Å². The van der Waals surface area contributed by atoms with Crippen LogP contribution in [0, 0.1) is 11.8 Å². The van der Waals surface area contributed by atoms with Gasteiger partial charge in [0.05, 0.1) is 6.61 Å². The Kier molecular flexibility index (Phi) is 5.11. The van der Waals surface area contributed by atoms with Gasteiger partial charge >= 0.3 is 11.9 Å². The quantitative estimate of drug-likeness (QED) is 0.521. The van der Waals surface area contributed by atoms with E-state index in [-0.39, 0.29) is 12.5 Å². The number of carbonyl (C=O) groups is 2. The number of esters is 1. The fourth-order valence-electron chi connectivity index (χ4n) is 1.04. The normalized spacial score (nSPS) is 14.7. The van der Waals surface area contributed by atoms with Crippen LogP contribution < -0.4 is 0 Å². The molecule has 4 nitrogen and oxygen atoms in total. The zero-order chi connectivity index (χ0) is 10.4. The number of carbonyl (C=O) groups excluding carboxylic acids is 1. The van der Waals surface area contributed by atoms with Crippen LogP contribution in [0.3, 0.4) is 0 Å². The number of aliphatic carboxylic acids is 1. The maximum absolute atomic E-state index is 11.2. The van der Waals surface area contributed by atoms with Crippen LogP contribution in [-0.4, -0.2) is 23.7 Å². The summed E-state index contributed by atoms with van der Waals surface area (Å²) in [6, 6.07) is 0. The first-order chi connectivity index (χ1) is 6.04. The average molecular weight is 188 g/mol. The highest BCUT2D eigenvalue weighted by molar-refractivity contribution is 5.94. The number of hydrogen-bond acceptors (Lipinski definition) is 3. The third-order valence-electron chi connectivity index (χ3n) is 2.02. The lowest BCUT2D eigenvalue weighted by molar-refractivity contribution is -0.160. The molecule has 2 unspecified atom stereocenters.